The predicted molar refractivity (Wildman–Crippen MR) is 61.8 cm³/mol. The fourth-order valence-electron chi connectivity index (χ4n) is 1.61. The van der Waals surface area contributed by atoms with Gasteiger partial charge in [-0.2, -0.15) is 0 Å². The van der Waals surface area contributed by atoms with Gasteiger partial charge in [-0.05, 0) is 29.0 Å². The second-order valence-corrected chi connectivity index (χ2v) is 3.40. The first-order valence-corrected chi connectivity index (χ1v) is 4.95. The van der Waals surface area contributed by atoms with Crippen molar-refractivity contribution in [3.05, 3.63) is 42.0 Å². The lowest BCUT2D eigenvalue weighted by molar-refractivity contribution is 0.0512. The molecule has 2 aromatic rings. The molecule has 0 bridgehead atoms. The summed E-state index contributed by atoms with van der Waals surface area (Å²) < 4.78 is 10.2. The summed E-state index contributed by atoms with van der Waals surface area (Å²) in [6, 6.07) is 11.2. The molecule has 0 aliphatic heterocycles. The number of methoxy groups -OCH3 is 1. The van der Waals surface area contributed by atoms with Crippen LogP contribution in [-0.2, 0) is 4.74 Å². The molecule has 3 heteroatoms. The molecular formula is C13H12O3. The van der Waals surface area contributed by atoms with Crippen LogP contribution in [0.2, 0.25) is 0 Å². The van der Waals surface area contributed by atoms with Gasteiger partial charge in [-0.15, -0.1) is 0 Å². The third-order valence-electron chi connectivity index (χ3n) is 2.36. The van der Waals surface area contributed by atoms with E-state index in [1.165, 1.54) is 0 Å². The van der Waals surface area contributed by atoms with Crippen molar-refractivity contribution in [1.82, 2.24) is 0 Å². The Kier molecular flexibility index (Phi) is 3.17. The van der Waals surface area contributed by atoms with Crippen molar-refractivity contribution >= 4 is 17.1 Å². The monoisotopic (exact) mass is 216 g/mol. The summed E-state index contributed by atoms with van der Waals surface area (Å²) in [6.07, 6.45) is 0.859. The summed E-state index contributed by atoms with van der Waals surface area (Å²) in [7, 11) is 1.57. The van der Waals surface area contributed by atoms with Crippen molar-refractivity contribution in [2.45, 2.75) is 0 Å². The predicted octanol–water partition coefficient (Wildman–Crippen LogP) is 2.64. The Morgan fingerprint density at radius 3 is 2.88 bits per heavy atom. The lowest BCUT2D eigenvalue weighted by Crippen LogP contribution is -1.98. The molecule has 0 aliphatic carbocycles. The summed E-state index contributed by atoms with van der Waals surface area (Å²) in [6.45, 7) is 0.221. The van der Waals surface area contributed by atoms with Gasteiger partial charge in [0.15, 0.2) is 13.1 Å². The number of carbonyl (C=O) groups is 1. The molecule has 0 saturated carbocycles. The van der Waals surface area contributed by atoms with Crippen LogP contribution in [0.15, 0.2) is 36.4 Å². The topological polar surface area (TPSA) is 35.5 Å². The molecule has 0 fully saturated rings. The molecule has 0 aromatic heterocycles. The van der Waals surface area contributed by atoms with E-state index in [4.69, 9.17) is 9.47 Å². The maximum atomic E-state index is 10.8. The number of rotatable bonds is 4. The minimum atomic E-state index is 0.221. The Labute approximate surface area is 93.6 Å². The van der Waals surface area contributed by atoms with E-state index in [0.717, 1.165) is 22.8 Å². The number of fused-ring (bicyclic) bond motifs is 1. The van der Waals surface area contributed by atoms with Gasteiger partial charge in [-0.3, -0.25) is 4.79 Å². The van der Waals surface area contributed by atoms with E-state index in [1.54, 1.807) is 13.2 Å². The van der Waals surface area contributed by atoms with Crippen LogP contribution < -0.4 is 4.74 Å². The molecule has 0 N–H and O–H groups in total. The zero-order valence-corrected chi connectivity index (χ0v) is 8.97. The Hall–Kier alpha value is -1.87. The van der Waals surface area contributed by atoms with Crippen molar-refractivity contribution in [2.24, 2.45) is 0 Å². The van der Waals surface area contributed by atoms with E-state index in [2.05, 4.69) is 0 Å². The summed E-state index contributed by atoms with van der Waals surface area (Å²) in [5, 5.41) is 1.92. The van der Waals surface area contributed by atoms with Crippen molar-refractivity contribution in [1.29, 1.82) is 0 Å². The van der Waals surface area contributed by atoms with Gasteiger partial charge in [0, 0.05) is 12.7 Å². The van der Waals surface area contributed by atoms with Crippen LogP contribution in [0.25, 0.3) is 10.8 Å². The number of benzene rings is 2. The zero-order chi connectivity index (χ0) is 11.4. The van der Waals surface area contributed by atoms with Gasteiger partial charge in [0.05, 0.1) is 0 Å². The van der Waals surface area contributed by atoms with E-state index >= 15 is 0 Å². The minimum Gasteiger partial charge on any atom is -0.468 e. The quantitative estimate of drug-likeness (QED) is 0.582. The molecule has 0 heterocycles. The minimum absolute atomic E-state index is 0.221. The smallest absolute Gasteiger partial charge is 0.188 e. The Bertz CT molecular complexity index is 506. The van der Waals surface area contributed by atoms with Crippen molar-refractivity contribution < 1.29 is 14.3 Å². The normalized spacial score (nSPS) is 10.3. The maximum absolute atomic E-state index is 10.8. The molecule has 0 amide bonds. The van der Waals surface area contributed by atoms with E-state index in [9.17, 15) is 4.79 Å². The molecule has 16 heavy (non-hydrogen) atoms. The highest BCUT2D eigenvalue weighted by Gasteiger charge is 2.01. The highest BCUT2D eigenvalue weighted by molar-refractivity contribution is 5.98. The van der Waals surface area contributed by atoms with Gasteiger partial charge in [0.2, 0.25) is 0 Å². The standard InChI is InChI=1S/C13H12O3/c1-15-9-16-12-5-6-13-10(7-12)3-2-4-11(13)8-14/h2-8H,9H2,1H3. The van der Waals surface area contributed by atoms with Crippen LogP contribution in [0, 0.1) is 0 Å². The SMILES string of the molecule is COCOc1ccc2c(C=O)cccc2c1. The summed E-state index contributed by atoms with van der Waals surface area (Å²) in [4.78, 5) is 10.8. The maximum Gasteiger partial charge on any atom is 0.188 e. The van der Waals surface area contributed by atoms with Gasteiger partial charge in [-0.1, -0.05) is 18.2 Å². The van der Waals surface area contributed by atoms with E-state index in [0.29, 0.717) is 5.56 Å². The second-order valence-electron chi connectivity index (χ2n) is 3.40. The highest BCUT2D eigenvalue weighted by Crippen LogP contribution is 2.23. The number of hydrogen-bond donors (Lipinski definition) is 0. The van der Waals surface area contributed by atoms with Crippen molar-refractivity contribution in [2.75, 3.05) is 13.9 Å². The Morgan fingerprint density at radius 2 is 2.12 bits per heavy atom. The molecule has 82 valence electrons. The molecule has 0 atom stereocenters. The lowest BCUT2D eigenvalue weighted by Gasteiger charge is -2.06. The third kappa shape index (κ3) is 2.04. The zero-order valence-electron chi connectivity index (χ0n) is 8.97. The summed E-state index contributed by atoms with van der Waals surface area (Å²) >= 11 is 0. The second kappa shape index (κ2) is 4.77. The van der Waals surface area contributed by atoms with Gasteiger partial charge in [-0.25, -0.2) is 0 Å². The molecule has 0 spiro atoms. The fraction of sp³-hybridized carbons (Fsp3) is 0.154. The molecule has 2 aromatic carbocycles. The van der Waals surface area contributed by atoms with Gasteiger partial charge in [0.25, 0.3) is 0 Å². The van der Waals surface area contributed by atoms with Crippen LogP contribution in [0.1, 0.15) is 10.4 Å². The Balaban J connectivity index is 2.43. The Morgan fingerprint density at radius 1 is 1.25 bits per heavy atom. The number of ether oxygens (including phenoxy) is 2. The summed E-state index contributed by atoms with van der Waals surface area (Å²) in [5.41, 5.74) is 0.691. The van der Waals surface area contributed by atoms with Crippen molar-refractivity contribution in [3.8, 4) is 5.75 Å². The molecule has 0 saturated heterocycles. The first kappa shape index (κ1) is 10.6. The summed E-state index contributed by atoms with van der Waals surface area (Å²) in [5.74, 6) is 0.734. The third-order valence-corrected chi connectivity index (χ3v) is 2.36. The lowest BCUT2D eigenvalue weighted by atomic mass is 10.1. The number of carbonyl (C=O) groups excluding carboxylic acids is 1. The average Bonchev–Trinajstić information content (AvgIpc) is 2.35. The van der Waals surface area contributed by atoms with Crippen LogP contribution in [0.4, 0.5) is 0 Å². The molecule has 0 aliphatic rings. The van der Waals surface area contributed by atoms with Gasteiger partial charge < -0.3 is 9.47 Å². The largest absolute Gasteiger partial charge is 0.468 e. The van der Waals surface area contributed by atoms with Crippen molar-refractivity contribution in [3.63, 3.8) is 0 Å². The first-order chi connectivity index (χ1) is 7.85. The molecule has 0 unspecified atom stereocenters. The first-order valence-electron chi connectivity index (χ1n) is 4.95. The number of hydrogen-bond acceptors (Lipinski definition) is 3. The van der Waals surface area contributed by atoms with Crippen LogP contribution in [0.5, 0.6) is 5.75 Å². The van der Waals surface area contributed by atoms with E-state index < -0.39 is 0 Å². The van der Waals surface area contributed by atoms with Crippen LogP contribution in [0.3, 0.4) is 0 Å². The molecule has 0 radical (unpaired) electrons. The highest BCUT2D eigenvalue weighted by atomic mass is 16.7. The molecular weight excluding hydrogens is 204 g/mol. The fourth-order valence-corrected chi connectivity index (χ4v) is 1.61. The van der Waals surface area contributed by atoms with Crippen LogP contribution in [-0.4, -0.2) is 20.2 Å². The number of aldehydes is 1. The molecule has 3 nitrogen and oxygen atoms in total. The van der Waals surface area contributed by atoms with Gasteiger partial charge in [0.1, 0.15) is 5.75 Å². The molecule has 2 rings (SSSR count). The van der Waals surface area contributed by atoms with E-state index in [1.807, 2.05) is 30.3 Å². The van der Waals surface area contributed by atoms with Crippen LogP contribution >= 0.6 is 0 Å². The van der Waals surface area contributed by atoms with E-state index in [-0.39, 0.29) is 6.79 Å². The average molecular weight is 216 g/mol. The van der Waals surface area contributed by atoms with Gasteiger partial charge >= 0.3 is 0 Å².